The minimum atomic E-state index is -0.764. The van der Waals surface area contributed by atoms with E-state index in [-0.39, 0.29) is 6.10 Å². The molecule has 2 nitrogen and oxygen atoms in total. The van der Waals surface area contributed by atoms with Crippen LogP contribution in [0.1, 0.15) is 112 Å². The Balaban J connectivity index is 1.57. The Bertz CT molecular complexity index is 757. The molecule has 2 fully saturated rings. The van der Waals surface area contributed by atoms with Crippen LogP contribution in [0.4, 0.5) is 0 Å². The van der Waals surface area contributed by atoms with Gasteiger partial charge in [0.15, 0.2) is 0 Å². The number of aliphatic hydroxyl groups is 2. The third kappa shape index (κ3) is 3.59. The Morgan fingerprint density at radius 3 is 2.45 bits per heavy atom. The van der Waals surface area contributed by atoms with Gasteiger partial charge >= 0.3 is 0 Å². The van der Waals surface area contributed by atoms with E-state index in [0.29, 0.717) is 28.1 Å². The van der Waals surface area contributed by atoms with Crippen molar-refractivity contribution in [2.45, 2.75) is 124 Å². The number of rotatable bonds is 5. The van der Waals surface area contributed by atoms with Gasteiger partial charge in [0, 0.05) is 0 Å². The number of hydrogen-bond donors (Lipinski definition) is 2. The second-order valence-electron chi connectivity index (χ2n) is 13.1. The van der Waals surface area contributed by atoms with E-state index >= 15 is 0 Å². The SMILES string of the molecule is C=C(CC[C@@H](C)[C@H]1CC[C@@]2(C)C3=C(CC[C@]12C)[C@@]1(C)CC[C@H](O)C[C@@H]1CC3)C(C)(C)O. The second-order valence-corrected chi connectivity index (χ2v) is 13.1. The van der Waals surface area contributed by atoms with Gasteiger partial charge in [0.2, 0.25) is 0 Å². The summed E-state index contributed by atoms with van der Waals surface area (Å²) >= 11 is 0. The van der Waals surface area contributed by atoms with Crippen LogP contribution in [0.5, 0.6) is 0 Å². The molecular weight excluding hydrogens is 380 g/mol. The van der Waals surface area contributed by atoms with Crippen molar-refractivity contribution >= 4 is 0 Å². The number of aliphatic hydroxyl groups excluding tert-OH is 1. The average Bonchev–Trinajstić information content (AvgIpc) is 2.97. The van der Waals surface area contributed by atoms with Crippen molar-refractivity contribution in [3.8, 4) is 0 Å². The van der Waals surface area contributed by atoms with Gasteiger partial charge in [-0.3, -0.25) is 0 Å². The van der Waals surface area contributed by atoms with Crippen molar-refractivity contribution in [2.24, 2.45) is 34.0 Å². The molecule has 0 aromatic rings. The molecule has 0 aromatic heterocycles. The first-order valence-electron chi connectivity index (χ1n) is 13.1. The summed E-state index contributed by atoms with van der Waals surface area (Å²) in [5.41, 5.74) is 4.94. The van der Waals surface area contributed by atoms with Crippen molar-refractivity contribution < 1.29 is 10.2 Å². The fraction of sp³-hybridized carbons (Fsp3) is 0.862. The normalized spacial score (nSPS) is 43.8. The van der Waals surface area contributed by atoms with Gasteiger partial charge in [0.05, 0.1) is 11.7 Å². The van der Waals surface area contributed by atoms with Crippen LogP contribution < -0.4 is 0 Å². The molecule has 0 saturated heterocycles. The smallest absolute Gasteiger partial charge is 0.0798 e. The summed E-state index contributed by atoms with van der Waals surface area (Å²) < 4.78 is 0. The summed E-state index contributed by atoms with van der Waals surface area (Å²) in [5.74, 6) is 2.12. The van der Waals surface area contributed by atoms with Gasteiger partial charge in [-0.2, -0.15) is 0 Å². The summed E-state index contributed by atoms with van der Waals surface area (Å²) in [6.45, 7) is 18.1. The lowest BCUT2D eigenvalue weighted by Gasteiger charge is -2.59. The lowest BCUT2D eigenvalue weighted by atomic mass is 9.46. The summed E-state index contributed by atoms with van der Waals surface area (Å²) in [7, 11) is 0. The van der Waals surface area contributed by atoms with Gasteiger partial charge in [0.25, 0.3) is 0 Å². The minimum Gasteiger partial charge on any atom is -0.393 e. The lowest BCUT2D eigenvalue weighted by Crippen LogP contribution is -2.49. The van der Waals surface area contributed by atoms with Crippen LogP contribution in [-0.4, -0.2) is 21.9 Å². The molecule has 0 spiro atoms. The molecule has 2 saturated carbocycles. The Kier molecular flexibility index (Phi) is 5.87. The van der Waals surface area contributed by atoms with Gasteiger partial charge in [0.1, 0.15) is 0 Å². The fourth-order valence-electron chi connectivity index (χ4n) is 8.69. The monoisotopic (exact) mass is 428 g/mol. The third-order valence-electron chi connectivity index (χ3n) is 11.3. The Morgan fingerprint density at radius 1 is 1.06 bits per heavy atom. The van der Waals surface area contributed by atoms with E-state index in [2.05, 4.69) is 34.3 Å². The van der Waals surface area contributed by atoms with E-state index in [1.807, 2.05) is 25.0 Å². The largest absolute Gasteiger partial charge is 0.393 e. The Hall–Kier alpha value is -0.600. The van der Waals surface area contributed by atoms with E-state index in [1.54, 1.807) is 0 Å². The van der Waals surface area contributed by atoms with Crippen molar-refractivity contribution in [1.82, 2.24) is 0 Å². The summed E-state index contributed by atoms with van der Waals surface area (Å²) in [4.78, 5) is 0. The molecule has 2 heteroatoms. The zero-order valence-electron chi connectivity index (χ0n) is 21.2. The molecular formula is C29H48O2. The topological polar surface area (TPSA) is 40.5 Å². The zero-order valence-corrected chi connectivity index (χ0v) is 21.2. The summed E-state index contributed by atoms with van der Waals surface area (Å²) in [6.07, 6.45) is 13.0. The van der Waals surface area contributed by atoms with Crippen molar-refractivity contribution in [2.75, 3.05) is 0 Å². The maximum atomic E-state index is 10.3. The second kappa shape index (κ2) is 7.73. The molecule has 0 unspecified atom stereocenters. The standard InChI is InChI=1S/C29H48O2/c1-19(8-9-20(2)26(3,4)31)23-13-16-29(7)25-11-10-21-18-22(30)12-15-27(21,5)24(25)14-17-28(23,29)6/h19,21-23,30-31H,2,8-18H2,1,3-7H3/t19-,21+,22+,23-,27+,28-,29+/m1/s1. The highest BCUT2D eigenvalue weighted by Gasteiger charge is 2.61. The molecule has 4 rings (SSSR count). The molecule has 4 aliphatic carbocycles. The highest BCUT2D eigenvalue weighted by atomic mass is 16.3. The van der Waals surface area contributed by atoms with Gasteiger partial charge < -0.3 is 10.2 Å². The highest BCUT2D eigenvalue weighted by molar-refractivity contribution is 5.38. The van der Waals surface area contributed by atoms with E-state index in [9.17, 15) is 10.2 Å². The minimum absolute atomic E-state index is 0.0694. The molecule has 0 aliphatic heterocycles. The van der Waals surface area contributed by atoms with Gasteiger partial charge in [-0.05, 0) is 124 Å². The van der Waals surface area contributed by atoms with Crippen molar-refractivity contribution in [1.29, 1.82) is 0 Å². The average molecular weight is 429 g/mol. The van der Waals surface area contributed by atoms with E-state index < -0.39 is 5.60 Å². The maximum absolute atomic E-state index is 10.3. The van der Waals surface area contributed by atoms with Crippen LogP contribution in [0.2, 0.25) is 0 Å². The molecule has 0 heterocycles. The Morgan fingerprint density at radius 2 is 1.77 bits per heavy atom. The molecule has 176 valence electrons. The molecule has 7 atom stereocenters. The van der Waals surface area contributed by atoms with Crippen LogP contribution in [0.25, 0.3) is 0 Å². The Labute approximate surface area is 191 Å². The van der Waals surface area contributed by atoms with Crippen LogP contribution in [0.15, 0.2) is 23.3 Å². The first kappa shape index (κ1) is 23.6. The highest BCUT2D eigenvalue weighted by Crippen LogP contribution is 2.71. The van der Waals surface area contributed by atoms with Crippen LogP contribution >= 0.6 is 0 Å². The number of allylic oxidation sites excluding steroid dienone is 2. The molecule has 0 amide bonds. The molecule has 4 aliphatic rings. The first-order chi connectivity index (χ1) is 14.3. The van der Waals surface area contributed by atoms with E-state index in [4.69, 9.17) is 0 Å². The number of hydrogen-bond acceptors (Lipinski definition) is 2. The van der Waals surface area contributed by atoms with Gasteiger partial charge in [-0.25, -0.2) is 0 Å². The van der Waals surface area contributed by atoms with Crippen molar-refractivity contribution in [3.63, 3.8) is 0 Å². The lowest BCUT2D eigenvalue weighted by molar-refractivity contribution is -0.00501. The third-order valence-corrected chi connectivity index (χ3v) is 11.3. The predicted molar refractivity (Wildman–Crippen MR) is 130 cm³/mol. The van der Waals surface area contributed by atoms with Crippen LogP contribution in [-0.2, 0) is 0 Å². The quantitative estimate of drug-likeness (QED) is 0.454. The fourth-order valence-corrected chi connectivity index (χ4v) is 8.69. The van der Waals surface area contributed by atoms with E-state index in [0.717, 1.165) is 37.2 Å². The van der Waals surface area contributed by atoms with Crippen molar-refractivity contribution in [3.05, 3.63) is 23.3 Å². The first-order valence-corrected chi connectivity index (χ1v) is 13.1. The molecule has 2 N–H and O–H groups in total. The van der Waals surface area contributed by atoms with Crippen LogP contribution in [0.3, 0.4) is 0 Å². The maximum Gasteiger partial charge on any atom is 0.0798 e. The number of fused-ring (bicyclic) bond motifs is 4. The zero-order chi connectivity index (χ0) is 22.8. The molecule has 0 aromatic carbocycles. The summed E-state index contributed by atoms with van der Waals surface area (Å²) in [6, 6.07) is 0. The predicted octanol–water partition coefficient (Wildman–Crippen LogP) is 7.20. The van der Waals surface area contributed by atoms with Gasteiger partial charge in [-0.1, -0.05) is 45.4 Å². The van der Waals surface area contributed by atoms with Gasteiger partial charge in [-0.15, -0.1) is 0 Å². The molecule has 0 bridgehead atoms. The van der Waals surface area contributed by atoms with E-state index in [1.165, 1.54) is 44.9 Å². The van der Waals surface area contributed by atoms with Crippen LogP contribution in [0, 0.1) is 34.0 Å². The molecule has 31 heavy (non-hydrogen) atoms. The molecule has 0 radical (unpaired) electrons. The summed E-state index contributed by atoms with van der Waals surface area (Å²) in [5, 5.41) is 20.6.